The molecule has 1 fully saturated rings. The SMILES string of the molecule is COc1ccc(NC(=O)Cn2c3c(sc2=O)[C@H](c2ccc(Br)cc2)C2C(=O)N(c4ccc(OC)cc4)C(=O)C2S3)cc1. The normalized spacial score (nSPS) is 19.3. The second-order valence-electron chi connectivity index (χ2n) is 9.70. The van der Waals surface area contributed by atoms with Crippen LogP contribution in [0.25, 0.3) is 0 Å². The van der Waals surface area contributed by atoms with Crippen LogP contribution in [0.3, 0.4) is 0 Å². The summed E-state index contributed by atoms with van der Waals surface area (Å²) in [5.41, 5.74) is 1.82. The number of anilines is 2. The van der Waals surface area contributed by atoms with Crippen molar-refractivity contribution in [2.45, 2.75) is 22.7 Å². The van der Waals surface area contributed by atoms with Crippen LogP contribution >= 0.6 is 39.0 Å². The summed E-state index contributed by atoms with van der Waals surface area (Å²) < 4.78 is 12.7. The molecule has 2 unspecified atom stereocenters. The third-order valence-electron chi connectivity index (χ3n) is 7.28. The van der Waals surface area contributed by atoms with E-state index >= 15 is 0 Å². The van der Waals surface area contributed by atoms with Crippen LogP contribution < -0.4 is 24.6 Å². The van der Waals surface area contributed by atoms with Gasteiger partial charge in [0.05, 0.1) is 30.9 Å². The Balaban J connectivity index is 1.37. The van der Waals surface area contributed by atoms with E-state index in [1.165, 1.54) is 21.2 Å². The molecule has 12 heteroatoms. The zero-order valence-corrected chi connectivity index (χ0v) is 25.6. The van der Waals surface area contributed by atoms with Crippen LogP contribution in [0.15, 0.2) is 87.1 Å². The molecular weight excluding hydrogens is 642 g/mol. The maximum Gasteiger partial charge on any atom is 0.308 e. The van der Waals surface area contributed by atoms with Gasteiger partial charge in [-0.25, -0.2) is 4.90 Å². The topological polar surface area (TPSA) is 107 Å². The first-order valence-electron chi connectivity index (χ1n) is 12.9. The Hall–Kier alpha value is -3.87. The van der Waals surface area contributed by atoms with Gasteiger partial charge >= 0.3 is 4.87 Å². The number of thiazole rings is 1. The first-order valence-corrected chi connectivity index (χ1v) is 15.4. The molecule has 2 aliphatic rings. The third kappa shape index (κ3) is 5.03. The number of amides is 3. The smallest absolute Gasteiger partial charge is 0.308 e. The van der Waals surface area contributed by atoms with Crippen molar-refractivity contribution in [2.24, 2.45) is 5.92 Å². The fourth-order valence-corrected chi connectivity index (χ4v) is 8.33. The fourth-order valence-electron chi connectivity index (χ4n) is 5.29. The van der Waals surface area contributed by atoms with Crippen molar-refractivity contribution in [2.75, 3.05) is 24.4 Å². The molecule has 4 aromatic rings. The number of ether oxygens (including phenoxy) is 2. The maximum absolute atomic E-state index is 14.0. The molecular formula is C30H24BrN3O6S2. The van der Waals surface area contributed by atoms with Crippen LogP contribution in [0.1, 0.15) is 16.4 Å². The lowest BCUT2D eigenvalue weighted by molar-refractivity contribution is -0.122. The Morgan fingerprint density at radius 3 is 2.12 bits per heavy atom. The number of imide groups is 1. The lowest BCUT2D eigenvalue weighted by atomic mass is 9.83. The highest BCUT2D eigenvalue weighted by molar-refractivity contribution is 9.10. The van der Waals surface area contributed by atoms with Gasteiger partial charge in [0, 0.05) is 21.0 Å². The number of hydrogen-bond acceptors (Lipinski definition) is 8. The number of aromatic nitrogens is 1. The van der Waals surface area contributed by atoms with Crippen molar-refractivity contribution >= 4 is 68.1 Å². The van der Waals surface area contributed by atoms with E-state index in [1.807, 2.05) is 24.3 Å². The second kappa shape index (κ2) is 11.4. The van der Waals surface area contributed by atoms with E-state index in [4.69, 9.17) is 9.47 Å². The van der Waals surface area contributed by atoms with Gasteiger partial charge in [0.15, 0.2) is 0 Å². The van der Waals surface area contributed by atoms with Crippen LogP contribution in [0.5, 0.6) is 11.5 Å². The number of rotatable bonds is 7. The minimum atomic E-state index is -0.773. The molecule has 0 bridgehead atoms. The average molecular weight is 667 g/mol. The molecule has 0 spiro atoms. The summed E-state index contributed by atoms with van der Waals surface area (Å²) >= 11 is 5.65. The van der Waals surface area contributed by atoms with Gasteiger partial charge in [-0.2, -0.15) is 0 Å². The van der Waals surface area contributed by atoms with Gasteiger partial charge in [0.1, 0.15) is 23.3 Å². The van der Waals surface area contributed by atoms with Crippen LogP contribution in [0, 0.1) is 5.92 Å². The van der Waals surface area contributed by atoms with E-state index in [9.17, 15) is 19.2 Å². The zero-order chi connectivity index (χ0) is 29.5. The van der Waals surface area contributed by atoms with E-state index in [0.717, 1.165) is 21.4 Å². The Morgan fingerprint density at radius 1 is 0.881 bits per heavy atom. The van der Waals surface area contributed by atoms with E-state index in [0.29, 0.717) is 32.8 Å². The highest BCUT2D eigenvalue weighted by Gasteiger charge is 2.56. The van der Waals surface area contributed by atoms with Crippen molar-refractivity contribution < 1.29 is 23.9 Å². The lowest BCUT2D eigenvalue weighted by Crippen LogP contribution is -2.33. The number of benzene rings is 3. The molecule has 2 aliphatic heterocycles. The summed E-state index contributed by atoms with van der Waals surface area (Å²) in [6.45, 7) is -0.238. The minimum Gasteiger partial charge on any atom is -0.497 e. The summed E-state index contributed by atoms with van der Waals surface area (Å²) in [6.07, 6.45) is 0. The highest BCUT2D eigenvalue weighted by atomic mass is 79.9. The van der Waals surface area contributed by atoms with Gasteiger partial charge in [0.25, 0.3) is 0 Å². The Labute approximate surface area is 257 Å². The number of hydrogen-bond donors (Lipinski definition) is 1. The van der Waals surface area contributed by atoms with E-state index in [-0.39, 0.29) is 29.1 Å². The standard InChI is InChI=1S/C30H24BrN3O6S2/c1-39-20-11-7-18(8-12-20)32-22(35)15-33-29-26(42-30(33)38)23(16-3-5-17(31)6-4-16)24-25(41-29)28(37)34(27(24)36)19-9-13-21(40-2)14-10-19/h3-14,23-25H,15H2,1-2H3,(H,32,35)/t23-,24?,25?/m1/s1. The molecule has 0 saturated carbocycles. The second-order valence-corrected chi connectivity index (χ2v) is 12.7. The van der Waals surface area contributed by atoms with Crippen LogP contribution in [-0.4, -0.2) is 41.8 Å². The largest absolute Gasteiger partial charge is 0.497 e. The Morgan fingerprint density at radius 2 is 1.50 bits per heavy atom. The third-order valence-corrected chi connectivity index (χ3v) is 10.4. The molecule has 1 N–H and O–H groups in total. The van der Waals surface area contributed by atoms with Crippen molar-refractivity contribution in [3.8, 4) is 11.5 Å². The number of carbonyl (C=O) groups excluding carboxylic acids is 3. The summed E-state index contributed by atoms with van der Waals surface area (Å²) in [4.78, 5) is 55.8. The Bertz CT molecular complexity index is 1730. The van der Waals surface area contributed by atoms with Crippen LogP contribution in [0.2, 0.25) is 0 Å². The van der Waals surface area contributed by atoms with Gasteiger partial charge in [-0.1, -0.05) is 51.2 Å². The molecule has 6 rings (SSSR count). The average Bonchev–Trinajstić information content (AvgIpc) is 3.44. The zero-order valence-electron chi connectivity index (χ0n) is 22.4. The van der Waals surface area contributed by atoms with E-state index in [2.05, 4.69) is 21.2 Å². The number of carbonyl (C=O) groups is 3. The number of nitrogens with zero attached hydrogens (tertiary/aromatic N) is 2. The molecule has 42 heavy (non-hydrogen) atoms. The maximum atomic E-state index is 14.0. The monoisotopic (exact) mass is 665 g/mol. The van der Waals surface area contributed by atoms with Gasteiger partial charge in [-0.3, -0.25) is 23.7 Å². The summed E-state index contributed by atoms with van der Waals surface area (Å²) in [6, 6.07) is 21.2. The molecule has 3 atom stereocenters. The molecule has 3 aromatic carbocycles. The summed E-state index contributed by atoms with van der Waals surface area (Å²) in [5.74, 6) is -1.08. The van der Waals surface area contributed by atoms with E-state index in [1.54, 1.807) is 62.8 Å². The van der Waals surface area contributed by atoms with Gasteiger partial charge in [-0.05, 0) is 66.2 Å². The summed E-state index contributed by atoms with van der Waals surface area (Å²) in [7, 11) is 3.10. The molecule has 0 aliphatic carbocycles. The molecule has 3 amide bonds. The Kier molecular flexibility index (Phi) is 7.69. The predicted molar refractivity (Wildman–Crippen MR) is 165 cm³/mol. The number of thioether (sulfide) groups is 1. The summed E-state index contributed by atoms with van der Waals surface area (Å²) in [5, 5.41) is 2.57. The fraction of sp³-hybridized carbons (Fsp3) is 0.200. The molecule has 1 aromatic heterocycles. The molecule has 3 heterocycles. The van der Waals surface area contributed by atoms with Crippen molar-refractivity contribution in [3.63, 3.8) is 0 Å². The minimum absolute atomic E-state index is 0.238. The molecule has 1 saturated heterocycles. The molecule has 9 nitrogen and oxygen atoms in total. The van der Waals surface area contributed by atoms with Gasteiger partial charge in [-0.15, -0.1) is 0 Å². The number of methoxy groups -OCH3 is 2. The molecule has 0 radical (unpaired) electrons. The van der Waals surface area contributed by atoms with Crippen molar-refractivity contribution in [1.29, 1.82) is 0 Å². The quantitative estimate of drug-likeness (QED) is 0.273. The van der Waals surface area contributed by atoms with Crippen molar-refractivity contribution in [1.82, 2.24) is 4.57 Å². The van der Waals surface area contributed by atoms with E-state index < -0.39 is 17.1 Å². The first kappa shape index (κ1) is 28.3. The van der Waals surface area contributed by atoms with Crippen molar-refractivity contribution in [3.05, 3.63) is 97.4 Å². The predicted octanol–water partition coefficient (Wildman–Crippen LogP) is 5.12. The number of halogens is 1. The molecule has 214 valence electrons. The van der Waals surface area contributed by atoms with Gasteiger partial charge < -0.3 is 14.8 Å². The highest BCUT2D eigenvalue weighted by Crippen LogP contribution is 2.54. The number of fused-ring (bicyclic) bond motifs is 2. The number of nitrogens with one attached hydrogen (secondary N) is 1. The van der Waals surface area contributed by atoms with Crippen LogP contribution in [0.4, 0.5) is 11.4 Å². The first-order chi connectivity index (χ1) is 20.3. The van der Waals surface area contributed by atoms with Gasteiger partial charge in [0.2, 0.25) is 17.7 Å². The lowest BCUT2D eigenvalue weighted by Gasteiger charge is -2.30. The van der Waals surface area contributed by atoms with Crippen LogP contribution in [-0.2, 0) is 20.9 Å².